The first-order chi connectivity index (χ1) is 17.3. The van der Waals surface area contributed by atoms with Gasteiger partial charge in [0.1, 0.15) is 11.5 Å². The van der Waals surface area contributed by atoms with Crippen LogP contribution in [0.4, 0.5) is 0 Å². The van der Waals surface area contributed by atoms with Gasteiger partial charge in [-0.3, -0.25) is 0 Å². The molecule has 0 aliphatic rings. The summed E-state index contributed by atoms with van der Waals surface area (Å²) in [5.41, 5.74) is 0. The van der Waals surface area contributed by atoms with Gasteiger partial charge < -0.3 is 30.0 Å². The van der Waals surface area contributed by atoms with Crippen LogP contribution in [0.2, 0.25) is 0 Å². The molecule has 8 heteroatoms. The number of phenolic OH excluding ortho intramolecular Hbond substituents is 2. The predicted molar refractivity (Wildman–Crippen MR) is 143 cm³/mol. The van der Waals surface area contributed by atoms with E-state index in [1.54, 1.807) is 0 Å². The Hall–Kier alpha value is -0.240. The first-order valence-corrected chi connectivity index (χ1v) is 14.2. The minimum atomic E-state index is -0.909. The van der Waals surface area contributed by atoms with Crippen LogP contribution in [0.25, 0.3) is 0 Å². The minimum Gasteiger partial charge on any atom is -0.550 e. The minimum absolute atomic E-state index is 0. The van der Waals surface area contributed by atoms with Crippen molar-refractivity contribution in [3.8, 4) is 11.5 Å². The number of aromatic hydroxyl groups is 2. The number of rotatable bonds is 20. The third-order valence-electron chi connectivity index (χ3n) is 5.82. The van der Waals surface area contributed by atoms with E-state index in [-0.39, 0.29) is 83.5 Å². The summed E-state index contributed by atoms with van der Waals surface area (Å²) in [6, 6.07) is 5.70. The second kappa shape index (κ2) is 36.8. The molecule has 2 N–H and O–H groups in total. The zero-order valence-electron chi connectivity index (χ0n) is 25.0. The number of carboxylic acids is 2. The number of carbonyl (C=O) groups excluding carboxylic acids is 2. The summed E-state index contributed by atoms with van der Waals surface area (Å²) in [7, 11) is 0. The number of carbonyl (C=O) groups is 2. The van der Waals surface area contributed by atoms with Crippen molar-refractivity contribution in [2.45, 2.75) is 142 Å². The summed E-state index contributed by atoms with van der Waals surface area (Å²) in [5, 5.41) is 37.5. The van der Waals surface area contributed by atoms with Crippen LogP contribution in [0, 0.1) is 0 Å². The van der Waals surface area contributed by atoms with Crippen molar-refractivity contribution in [3.05, 3.63) is 24.3 Å². The zero-order valence-corrected chi connectivity index (χ0v) is 29.0. The van der Waals surface area contributed by atoms with Gasteiger partial charge in [-0.2, -0.15) is 0 Å². The molecular formula is C30H52Na2O6. The molecule has 0 aromatic heterocycles. The van der Waals surface area contributed by atoms with Crippen LogP contribution in [0.3, 0.4) is 0 Å². The number of hydrogen-bond acceptors (Lipinski definition) is 6. The van der Waals surface area contributed by atoms with Gasteiger partial charge in [-0.25, -0.2) is 0 Å². The SMILES string of the molecule is CCCCCCCCCCCC(=O)[O-].CCCCCCCCCCCC(=O)[O-].Oc1ccc(O)cc1.[Na+].[Na+]. The number of unbranched alkanes of at least 4 members (excludes halogenated alkanes) is 16. The molecule has 1 rings (SSSR count). The standard InChI is InChI=1S/2C12H24O2.C6H6O2.2Na/c2*1-2-3-4-5-6-7-8-9-10-11-12(13)14;7-5-1-2-6(8)4-3-5;;/h2*2-11H2,1H3,(H,13,14);1-4,7-8H;;/q;;;2*+1/p-2. The van der Waals surface area contributed by atoms with Gasteiger partial charge in [0.05, 0.1) is 0 Å². The summed E-state index contributed by atoms with van der Waals surface area (Å²) in [5.74, 6) is -1.48. The van der Waals surface area contributed by atoms with E-state index in [1.165, 1.54) is 114 Å². The molecule has 0 amide bonds. The third kappa shape index (κ3) is 42.8. The maximum Gasteiger partial charge on any atom is 1.00 e. The summed E-state index contributed by atoms with van der Waals surface area (Å²) in [6.45, 7) is 4.44. The fourth-order valence-electron chi connectivity index (χ4n) is 3.61. The topological polar surface area (TPSA) is 121 Å². The molecule has 0 spiro atoms. The Morgan fingerprint density at radius 1 is 0.500 bits per heavy atom. The molecule has 0 bridgehead atoms. The predicted octanol–water partition coefficient (Wildman–Crippen LogP) is 0.420. The second-order valence-corrected chi connectivity index (χ2v) is 9.42. The molecule has 38 heavy (non-hydrogen) atoms. The number of hydrogen-bond donors (Lipinski definition) is 2. The summed E-state index contributed by atoms with van der Waals surface area (Å²) in [4.78, 5) is 20.2. The fourth-order valence-corrected chi connectivity index (χ4v) is 3.61. The van der Waals surface area contributed by atoms with E-state index in [2.05, 4.69) is 13.8 Å². The van der Waals surface area contributed by atoms with Crippen LogP contribution in [0.5, 0.6) is 11.5 Å². The maximum atomic E-state index is 10.1. The van der Waals surface area contributed by atoms with E-state index in [0.717, 1.165) is 25.7 Å². The summed E-state index contributed by atoms with van der Waals surface area (Å²) in [6.07, 6.45) is 22.3. The smallest absolute Gasteiger partial charge is 0.550 e. The molecule has 1 aromatic rings. The van der Waals surface area contributed by atoms with Crippen molar-refractivity contribution in [1.82, 2.24) is 0 Å². The Kier molecular flexibility index (Phi) is 43.3. The second-order valence-electron chi connectivity index (χ2n) is 9.42. The van der Waals surface area contributed by atoms with Crippen molar-refractivity contribution >= 4 is 11.9 Å². The quantitative estimate of drug-likeness (QED) is 0.137. The van der Waals surface area contributed by atoms with Crippen molar-refractivity contribution in [2.24, 2.45) is 0 Å². The number of carboxylic acid groups (broad SMARTS) is 2. The normalized spacial score (nSPS) is 9.53. The van der Waals surface area contributed by atoms with E-state index in [0.29, 0.717) is 0 Å². The summed E-state index contributed by atoms with van der Waals surface area (Å²) >= 11 is 0. The molecule has 6 nitrogen and oxygen atoms in total. The first kappa shape index (κ1) is 44.8. The molecule has 0 aliphatic heterocycles. The molecule has 0 fully saturated rings. The molecular weight excluding hydrogens is 502 g/mol. The Morgan fingerprint density at radius 2 is 0.711 bits per heavy atom. The van der Waals surface area contributed by atoms with Crippen LogP contribution in [-0.2, 0) is 9.59 Å². The number of benzene rings is 1. The average Bonchev–Trinajstić information content (AvgIpc) is 2.84. The van der Waals surface area contributed by atoms with Crippen LogP contribution in [-0.4, -0.2) is 22.2 Å². The van der Waals surface area contributed by atoms with Gasteiger partial charge in [0.25, 0.3) is 0 Å². The third-order valence-corrected chi connectivity index (χ3v) is 5.82. The van der Waals surface area contributed by atoms with Gasteiger partial charge in [0.15, 0.2) is 0 Å². The fraction of sp³-hybridized carbons (Fsp3) is 0.733. The first-order valence-electron chi connectivity index (χ1n) is 14.2. The molecule has 0 atom stereocenters. The largest absolute Gasteiger partial charge is 1.00 e. The zero-order chi connectivity index (χ0) is 27.3. The van der Waals surface area contributed by atoms with Crippen molar-refractivity contribution in [2.75, 3.05) is 0 Å². The maximum absolute atomic E-state index is 10.1. The Morgan fingerprint density at radius 3 is 0.921 bits per heavy atom. The van der Waals surface area contributed by atoms with Gasteiger partial charge in [-0.05, 0) is 49.9 Å². The Labute approximate surface area is 277 Å². The summed E-state index contributed by atoms with van der Waals surface area (Å²) < 4.78 is 0. The number of aliphatic carboxylic acids is 2. The molecule has 0 aliphatic carbocycles. The number of phenols is 2. The van der Waals surface area contributed by atoms with E-state index in [4.69, 9.17) is 10.2 Å². The van der Waals surface area contributed by atoms with Gasteiger partial charge in [-0.15, -0.1) is 0 Å². The van der Waals surface area contributed by atoms with Crippen LogP contribution in [0.1, 0.15) is 142 Å². The van der Waals surface area contributed by atoms with Gasteiger partial charge >= 0.3 is 59.1 Å². The molecule has 0 saturated carbocycles. The van der Waals surface area contributed by atoms with Gasteiger partial charge in [-0.1, -0.05) is 117 Å². The van der Waals surface area contributed by atoms with E-state index < -0.39 is 11.9 Å². The monoisotopic (exact) mass is 554 g/mol. The average molecular weight is 555 g/mol. The van der Waals surface area contributed by atoms with E-state index in [1.807, 2.05) is 0 Å². The molecule has 0 radical (unpaired) electrons. The van der Waals surface area contributed by atoms with E-state index in [9.17, 15) is 19.8 Å². The molecule has 210 valence electrons. The van der Waals surface area contributed by atoms with E-state index >= 15 is 0 Å². The molecule has 0 heterocycles. The van der Waals surface area contributed by atoms with Gasteiger partial charge in [0, 0.05) is 11.9 Å². The van der Waals surface area contributed by atoms with Crippen LogP contribution >= 0.6 is 0 Å². The molecule has 0 unspecified atom stereocenters. The Bertz CT molecular complexity index is 558. The van der Waals surface area contributed by atoms with Gasteiger partial charge in [0.2, 0.25) is 0 Å². The van der Waals surface area contributed by atoms with Crippen LogP contribution in [0.15, 0.2) is 24.3 Å². The van der Waals surface area contributed by atoms with Crippen LogP contribution < -0.4 is 69.3 Å². The van der Waals surface area contributed by atoms with Crippen molar-refractivity contribution in [3.63, 3.8) is 0 Å². The molecule has 1 aromatic carbocycles. The Balaban J connectivity index is -0.000000229. The van der Waals surface area contributed by atoms with Crippen molar-refractivity contribution < 1.29 is 89.1 Å². The molecule has 0 saturated heterocycles. The van der Waals surface area contributed by atoms with Crippen molar-refractivity contribution in [1.29, 1.82) is 0 Å².